The summed E-state index contributed by atoms with van der Waals surface area (Å²) in [5, 5.41) is 7.58. The zero-order chi connectivity index (χ0) is 24.3. The average Bonchev–Trinajstić information content (AvgIpc) is 3.26. The fraction of sp³-hybridized carbons (Fsp3) is 0.520. The number of rotatable bonds is 4. The molecule has 182 valence electrons. The summed E-state index contributed by atoms with van der Waals surface area (Å²) in [7, 11) is 0. The number of benzene rings is 2. The SMILES string of the molecule is C[C@H](NC(=O)[C@H]1O[C@@H]2OC(C)(C)O[C@@H]2[C@H]2OC(C)(C)O[C@H]21)C(=O)Nc1cccc2ccccc12. The average molecular weight is 471 g/mol. The van der Waals surface area contributed by atoms with Gasteiger partial charge >= 0.3 is 0 Å². The quantitative estimate of drug-likeness (QED) is 0.708. The van der Waals surface area contributed by atoms with Crippen LogP contribution in [0.15, 0.2) is 42.5 Å². The van der Waals surface area contributed by atoms with Crippen molar-refractivity contribution >= 4 is 28.3 Å². The third-order valence-electron chi connectivity index (χ3n) is 6.21. The maximum absolute atomic E-state index is 13.2. The molecule has 3 fully saturated rings. The molecule has 9 nitrogen and oxygen atoms in total. The van der Waals surface area contributed by atoms with E-state index in [1.54, 1.807) is 34.6 Å². The highest BCUT2D eigenvalue weighted by atomic mass is 16.9. The second-order valence-electron chi connectivity index (χ2n) is 9.84. The molecule has 2 amide bonds. The molecule has 3 heterocycles. The van der Waals surface area contributed by atoms with Gasteiger partial charge in [-0.2, -0.15) is 0 Å². The van der Waals surface area contributed by atoms with Crippen LogP contribution in [0, 0.1) is 0 Å². The van der Waals surface area contributed by atoms with E-state index in [1.807, 2.05) is 42.5 Å². The molecule has 0 spiro atoms. The first-order valence-electron chi connectivity index (χ1n) is 11.5. The lowest BCUT2D eigenvalue weighted by atomic mass is 9.98. The highest BCUT2D eigenvalue weighted by molar-refractivity contribution is 6.04. The number of hydrogen-bond acceptors (Lipinski definition) is 7. The van der Waals surface area contributed by atoms with Crippen molar-refractivity contribution in [2.45, 2.75) is 82.9 Å². The minimum Gasteiger partial charge on any atom is -0.342 e. The van der Waals surface area contributed by atoms with Crippen molar-refractivity contribution in [3.05, 3.63) is 42.5 Å². The Bertz CT molecular complexity index is 1110. The van der Waals surface area contributed by atoms with Crippen LogP contribution in [0.4, 0.5) is 5.69 Å². The molecule has 2 N–H and O–H groups in total. The fourth-order valence-electron chi connectivity index (χ4n) is 4.76. The Morgan fingerprint density at radius 3 is 2.29 bits per heavy atom. The molecule has 5 rings (SSSR count). The van der Waals surface area contributed by atoms with E-state index in [1.165, 1.54) is 0 Å². The Kier molecular flexibility index (Phi) is 5.65. The van der Waals surface area contributed by atoms with E-state index in [2.05, 4.69) is 10.6 Å². The second kappa shape index (κ2) is 8.28. The summed E-state index contributed by atoms with van der Waals surface area (Å²) in [5.41, 5.74) is 0.675. The fourth-order valence-corrected chi connectivity index (χ4v) is 4.76. The lowest BCUT2D eigenvalue weighted by Gasteiger charge is -2.36. The molecule has 9 heteroatoms. The largest absolute Gasteiger partial charge is 0.342 e. The predicted molar refractivity (Wildman–Crippen MR) is 123 cm³/mol. The van der Waals surface area contributed by atoms with E-state index in [-0.39, 0.29) is 5.91 Å². The van der Waals surface area contributed by atoms with E-state index in [0.29, 0.717) is 5.69 Å². The van der Waals surface area contributed by atoms with E-state index in [9.17, 15) is 9.59 Å². The van der Waals surface area contributed by atoms with Gasteiger partial charge in [0.05, 0.1) is 0 Å². The summed E-state index contributed by atoms with van der Waals surface area (Å²) in [6.07, 6.45) is -3.60. The molecule has 3 aliphatic heterocycles. The van der Waals surface area contributed by atoms with E-state index in [0.717, 1.165) is 10.8 Å². The first-order valence-corrected chi connectivity index (χ1v) is 11.5. The molecular formula is C25H30N2O7. The van der Waals surface area contributed by atoms with Crippen LogP contribution < -0.4 is 10.6 Å². The van der Waals surface area contributed by atoms with Gasteiger partial charge in [-0.15, -0.1) is 0 Å². The normalized spacial score (nSPS) is 32.0. The van der Waals surface area contributed by atoms with Crippen LogP contribution in [0.3, 0.4) is 0 Å². The van der Waals surface area contributed by atoms with Crippen LogP contribution in [0.1, 0.15) is 34.6 Å². The van der Waals surface area contributed by atoms with Crippen molar-refractivity contribution < 1.29 is 33.3 Å². The van der Waals surface area contributed by atoms with Gasteiger partial charge in [0, 0.05) is 11.1 Å². The molecule has 0 aliphatic carbocycles. The van der Waals surface area contributed by atoms with Gasteiger partial charge in [0.25, 0.3) is 5.91 Å². The summed E-state index contributed by atoms with van der Waals surface area (Å²) in [6.45, 7) is 8.72. The van der Waals surface area contributed by atoms with Crippen LogP contribution in [0.2, 0.25) is 0 Å². The number of carbonyl (C=O) groups is 2. The van der Waals surface area contributed by atoms with Crippen molar-refractivity contribution in [2.75, 3.05) is 5.32 Å². The Labute approximate surface area is 198 Å². The van der Waals surface area contributed by atoms with Crippen LogP contribution in [0.25, 0.3) is 10.8 Å². The molecule has 3 aliphatic rings. The van der Waals surface area contributed by atoms with Gasteiger partial charge in [-0.25, -0.2) is 0 Å². The number of anilines is 1. The molecule has 2 aromatic carbocycles. The Hall–Kier alpha value is -2.56. The minimum atomic E-state index is -1.03. The van der Waals surface area contributed by atoms with E-state index >= 15 is 0 Å². The molecule has 2 aromatic rings. The van der Waals surface area contributed by atoms with Crippen LogP contribution in [-0.4, -0.2) is 60.1 Å². The van der Waals surface area contributed by atoms with Gasteiger partial charge in [0.2, 0.25) is 5.91 Å². The second-order valence-corrected chi connectivity index (χ2v) is 9.84. The van der Waals surface area contributed by atoms with Gasteiger partial charge in [-0.1, -0.05) is 36.4 Å². The Morgan fingerprint density at radius 1 is 0.853 bits per heavy atom. The van der Waals surface area contributed by atoms with Gasteiger partial charge in [-0.3, -0.25) is 9.59 Å². The van der Waals surface area contributed by atoms with Crippen molar-refractivity contribution in [3.63, 3.8) is 0 Å². The first-order chi connectivity index (χ1) is 16.0. The molecule has 0 bridgehead atoms. The Morgan fingerprint density at radius 2 is 1.50 bits per heavy atom. The van der Waals surface area contributed by atoms with Gasteiger partial charge < -0.3 is 34.3 Å². The van der Waals surface area contributed by atoms with Crippen LogP contribution >= 0.6 is 0 Å². The molecular weight excluding hydrogens is 440 g/mol. The molecule has 0 radical (unpaired) electrons. The smallest absolute Gasteiger partial charge is 0.252 e. The topological polar surface area (TPSA) is 104 Å². The van der Waals surface area contributed by atoms with Crippen LogP contribution in [-0.2, 0) is 33.3 Å². The van der Waals surface area contributed by atoms with Gasteiger partial charge in [0.1, 0.15) is 24.4 Å². The molecule has 0 saturated carbocycles. The lowest BCUT2D eigenvalue weighted by molar-refractivity contribution is -0.231. The van der Waals surface area contributed by atoms with E-state index in [4.69, 9.17) is 23.7 Å². The maximum atomic E-state index is 13.2. The molecule has 0 aromatic heterocycles. The van der Waals surface area contributed by atoms with Gasteiger partial charge in [-0.05, 0) is 46.1 Å². The Balaban J connectivity index is 1.29. The standard InChI is InChI=1S/C25H30N2O7/c1-13(21(28)27-16-12-8-10-14-9-6-7-11-15(14)16)26-22(29)19-17-18(32-24(2,3)31-17)20-23(30-19)34-25(4,5)33-20/h6-13,17-20,23H,1-5H3,(H,26,29)(H,27,28)/t13-,17+,18-,19-,20+,23+/m0/s1. The van der Waals surface area contributed by atoms with Crippen molar-refractivity contribution in [2.24, 2.45) is 0 Å². The zero-order valence-electron chi connectivity index (χ0n) is 19.9. The number of carbonyl (C=O) groups excluding carboxylic acids is 2. The van der Waals surface area contributed by atoms with Crippen molar-refractivity contribution in [1.82, 2.24) is 5.32 Å². The molecule has 3 saturated heterocycles. The lowest BCUT2D eigenvalue weighted by Crippen LogP contribution is -2.60. The minimum absolute atomic E-state index is 0.347. The number of ether oxygens (including phenoxy) is 5. The number of fused-ring (bicyclic) bond motifs is 4. The highest BCUT2D eigenvalue weighted by Gasteiger charge is 2.62. The van der Waals surface area contributed by atoms with Crippen LogP contribution in [0.5, 0.6) is 0 Å². The summed E-state index contributed by atoms with van der Waals surface area (Å²) in [6, 6.07) is 12.6. The first kappa shape index (κ1) is 23.2. The highest BCUT2D eigenvalue weighted by Crippen LogP contribution is 2.44. The third-order valence-corrected chi connectivity index (χ3v) is 6.21. The monoisotopic (exact) mass is 470 g/mol. The summed E-state index contributed by atoms with van der Waals surface area (Å²) < 4.78 is 29.8. The zero-order valence-corrected chi connectivity index (χ0v) is 19.9. The summed E-state index contributed by atoms with van der Waals surface area (Å²) >= 11 is 0. The molecule has 6 atom stereocenters. The summed E-state index contributed by atoms with van der Waals surface area (Å²) in [4.78, 5) is 26.1. The number of amides is 2. The molecule has 34 heavy (non-hydrogen) atoms. The summed E-state index contributed by atoms with van der Waals surface area (Å²) in [5.74, 6) is -2.63. The third kappa shape index (κ3) is 4.30. The van der Waals surface area contributed by atoms with Crippen molar-refractivity contribution in [3.8, 4) is 0 Å². The predicted octanol–water partition coefficient (Wildman–Crippen LogP) is 2.68. The van der Waals surface area contributed by atoms with E-state index < -0.39 is 54.2 Å². The maximum Gasteiger partial charge on any atom is 0.252 e. The molecule has 0 unspecified atom stereocenters. The number of nitrogens with one attached hydrogen (secondary N) is 2. The van der Waals surface area contributed by atoms with Crippen molar-refractivity contribution in [1.29, 1.82) is 0 Å². The van der Waals surface area contributed by atoms with Gasteiger partial charge in [0.15, 0.2) is 24.0 Å². The number of hydrogen-bond donors (Lipinski definition) is 2.